The van der Waals surface area contributed by atoms with Gasteiger partial charge in [0, 0.05) is 43.8 Å². The van der Waals surface area contributed by atoms with Gasteiger partial charge in [0.2, 0.25) is 0 Å². The molecular formula is C12H19BrN4O. The summed E-state index contributed by atoms with van der Waals surface area (Å²) in [5.74, 6) is 0.209. The Morgan fingerprint density at radius 2 is 2.28 bits per heavy atom. The van der Waals surface area contributed by atoms with Crippen molar-refractivity contribution in [3.05, 3.63) is 28.5 Å². The summed E-state index contributed by atoms with van der Waals surface area (Å²) < 4.78 is 6.05. The summed E-state index contributed by atoms with van der Waals surface area (Å²) in [6.07, 6.45) is 2.36. The molecule has 0 fully saturated rings. The van der Waals surface area contributed by atoms with Crippen LogP contribution < -0.4 is 5.73 Å². The first-order chi connectivity index (χ1) is 8.61. The summed E-state index contributed by atoms with van der Waals surface area (Å²) in [6.45, 7) is 2.95. The van der Waals surface area contributed by atoms with E-state index in [1.54, 1.807) is 13.3 Å². The van der Waals surface area contributed by atoms with Gasteiger partial charge in [0.25, 0.3) is 0 Å². The molecule has 0 saturated carbocycles. The van der Waals surface area contributed by atoms with Crippen molar-refractivity contribution in [2.75, 3.05) is 26.8 Å². The van der Waals surface area contributed by atoms with Crippen LogP contribution in [0.25, 0.3) is 0 Å². The van der Waals surface area contributed by atoms with Gasteiger partial charge in [-0.25, -0.2) is 0 Å². The minimum Gasteiger partial charge on any atom is -0.388 e. The molecule has 0 atom stereocenters. The van der Waals surface area contributed by atoms with Gasteiger partial charge >= 0.3 is 0 Å². The average molecular weight is 315 g/mol. The lowest BCUT2D eigenvalue weighted by molar-refractivity contribution is 0.145. The first-order valence-corrected chi connectivity index (χ1v) is 6.55. The van der Waals surface area contributed by atoms with Gasteiger partial charge in [-0.1, -0.05) is 0 Å². The van der Waals surface area contributed by atoms with E-state index in [0.717, 1.165) is 29.8 Å². The van der Waals surface area contributed by atoms with Gasteiger partial charge in [-0.15, -0.1) is 0 Å². The van der Waals surface area contributed by atoms with Crippen LogP contribution >= 0.6 is 15.9 Å². The Balaban J connectivity index is 2.53. The molecule has 0 aromatic carbocycles. The number of halogens is 1. The van der Waals surface area contributed by atoms with E-state index >= 15 is 0 Å². The molecule has 0 aliphatic heterocycles. The van der Waals surface area contributed by atoms with Crippen LogP contribution in [0.4, 0.5) is 0 Å². The Morgan fingerprint density at radius 1 is 1.50 bits per heavy atom. The molecule has 0 aliphatic carbocycles. The number of hydrogen-bond acceptors (Lipinski definition) is 4. The van der Waals surface area contributed by atoms with Gasteiger partial charge in [-0.05, 0) is 28.1 Å². The molecule has 1 heterocycles. The fourth-order valence-corrected chi connectivity index (χ4v) is 1.73. The molecule has 0 spiro atoms. The molecule has 0 saturated heterocycles. The molecule has 1 aromatic rings. The van der Waals surface area contributed by atoms with Crippen LogP contribution in [0, 0.1) is 5.41 Å². The highest BCUT2D eigenvalue weighted by molar-refractivity contribution is 9.10. The minimum atomic E-state index is 0.209. The van der Waals surface area contributed by atoms with Crippen molar-refractivity contribution in [2.45, 2.75) is 13.0 Å². The predicted octanol–water partition coefficient (Wildman–Crippen LogP) is 1.62. The predicted molar refractivity (Wildman–Crippen MR) is 75.6 cm³/mol. The van der Waals surface area contributed by atoms with Crippen molar-refractivity contribution in [2.24, 2.45) is 5.73 Å². The Labute approximate surface area is 116 Å². The molecule has 0 unspecified atom stereocenters. The van der Waals surface area contributed by atoms with Crippen LogP contribution in [-0.4, -0.2) is 42.5 Å². The smallest absolute Gasteiger partial charge is 0.0918 e. The first kappa shape index (κ1) is 15.1. The fraction of sp³-hybridized carbons (Fsp3) is 0.500. The van der Waals surface area contributed by atoms with Gasteiger partial charge in [0.1, 0.15) is 0 Å². The van der Waals surface area contributed by atoms with Crippen molar-refractivity contribution in [1.29, 1.82) is 5.41 Å². The highest BCUT2D eigenvalue weighted by Gasteiger charge is 2.07. The van der Waals surface area contributed by atoms with E-state index < -0.39 is 0 Å². The number of nitrogens with one attached hydrogen (secondary N) is 1. The van der Waals surface area contributed by atoms with Gasteiger partial charge in [0.15, 0.2) is 0 Å². The third kappa shape index (κ3) is 6.09. The molecule has 0 bridgehead atoms. The molecule has 1 rings (SSSR count). The van der Waals surface area contributed by atoms with E-state index in [9.17, 15) is 0 Å². The zero-order chi connectivity index (χ0) is 13.4. The van der Waals surface area contributed by atoms with Gasteiger partial charge < -0.3 is 10.5 Å². The Hall–Kier alpha value is -0.980. The second-order valence-corrected chi connectivity index (χ2v) is 4.93. The van der Waals surface area contributed by atoms with Crippen LogP contribution in [0.3, 0.4) is 0 Å². The van der Waals surface area contributed by atoms with Crippen LogP contribution in [-0.2, 0) is 11.3 Å². The summed E-state index contributed by atoms with van der Waals surface area (Å²) in [4.78, 5) is 6.52. The summed E-state index contributed by atoms with van der Waals surface area (Å²) in [6, 6.07) is 3.96. The second kappa shape index (κ2) is 8.18. The normalized spacial score (nSPS) is 10.8. The molecule has 6 heteroatoms. The molecule has 0 aliphatic rings. The van der Waals surface area contributed by atoms with Crippen molar-refractivity contribution in [3.8, 4) is 0 Å². The maximum absolute atomic E-state index is 7.27. The van der Waals surface area contributed by atoms with Crippen molar-refractivity contribution >= 4 is 21.8 Å². The van der Waals surface area contributed by atoms with Gasteiger partial charge in [-0.2, -0.15) is 0 Å². The first-order valence-electron chi connectivity index (χ1n) is 5.76. The largest absolute Gasteiger partial charge is 0.388 e. The van der Waals surface area contributed by atoms with Crippen molar-refractivity contribution < 1.29 is 4.74 Å². The number of methoxy groups -OCH3 is 1. The number of hydrogen-bond donors (Lipinski definition) is 2. The zero-order valence-corrected chi connectivity index (χ0v) is 12.1. The monoisotopic (exact) mass is 314 g/mol. The number of pyridine rings is 1. The average Bonchev–Trinajstić information content (AvgIpc) is 2.35. The number of nitrogens with zero attached hydrogens (tertiary/aromatic N) is 2. The molecule has 100 valence electrons. The van der Waals surface area contributed by atoms with Gasteiger partial charge in [0.05, 0.1) is 18.1 Å². The summed E-state index contributed by atoms with van der Waals surface area (Å²) in [7, 11) is 1.68. The summed E-state index contributed by atoms with van der Waals surface area (Å²) >= 11 is 3.36. The van der Waals surface area contributed by atoms with Crippen LogP contribution in [0.1, 0.15) is 12.1 Å². The molecule has 0 amide bonds. The van der Waals surface area contributed by atoms with E-state index in [1.807, 2.05) is 12.1 Å². The van der Waals surface area contributed by atoms with E-state index in [1.165, 1.54) is 0 Å². The van der Waals surface area contributed by atoms with Crippen molar-refractivity contribution in [3.63, 3.8) is 0 Å². The third-order valence-electron chi connectivity index (χ3n) is 2.48. The molecule has 0 radical (unpaired) electrons. The lowest BCUT2D eigenvalue weighted by atomic mass is 10.3. The Kier molecular flexibility index (Phi) is 6.85. The lowest BCUT2D eigenvalue weighted by Gasteiger charge is -2.21. The summed E-state index contributed by atoms with van der Waals surface area (Å²) in [5, 5.41) is 7.27. The topological polar surface area (TPSA) is 75.2 Å². The van der Waals surface area contributed by atoms with Crippen LogP contribution in [0.2, 0.25) is 0 Å². The standard InChI is InChI=1S/C12H19BrN4O/c1-18-7-6-17(5-4-12(14)15)9-11-3-2-10(13)8-16-11/h2-3,8H,4-7,9H2,1H3,(H3,14,15). The number of amidine groups is 1. The highest BCUT2D eigenvalue weighted by Crippen LogP contribution is 2.09. The number of nitrogens with two attached hydrogens (primary N) is 1. The van der Waals surface area contributed by atoms with E-state index in [4.69, 9.17) is 15.9 Å². The zero-order valence-electron chi connectivity index (χ0n) is 10.5. The molecule has 3 N–H and O–H groups in total. The van der Waals surface area contributed by atoms with E-state index in [0.29, 0.717) is 13.0 Å². The minimum absolute atomic E-state index is 0.209. The Bertz CT molecular complexity index is 369. The molecule has 5 nitrogen and oxygen atoms in total. The van der Waals surface area contributed by atoms with E-state index in [2.05, 4.69) is 25.8 Å². The SMILES string of the molecule is COCCN(CCC(=N)N)Cc1ccc(Br)cn1. The Morgan fingerprint density at radius 3 is 2.83 bits per heavy atom. The quantitative estimate of drug-likeness (QED) is 0.565. The molecule has 18 heavy (non-hydrogen) atoms. The number of ether oxygens (including phenoxy) is 1. The maximum Gasteiger partial charge on any atom is 0.0918 e. The van der Waals surface area contributed by atoms with Crippen LogP contribution in [0.5, 0.6) is 0 Å². The highest BCUT2D eigenvalue weighted by atomic mass is 79.9. The fourth-order valence-electron chi connectivity index (χ4n) is 1.50. The maximum atomic E-state index is 7.27. The summed E-state index contributed by atoms with van der Waals surface area (Å²) in [5.41, 5.74) is 6.38. The second-order valence-electron chi connectivity index (χ2n) is 4.01. The lowest BCUT2D eigenvalue weighted by Crippen LogP contribution is -2.30. The van der Waals surface area contributed by atoms with Crippen LogP contribution in [0.15, 0.2) is 22.8 Å². The van der Waals surface area contributed by atoms with Gasteiger partial charge in [-0.3, -0.25) is 15.3 Å². The third-order valence-corrected chi connectivity index (χ3v) is 2.95. The number of aromatic nitrogens is 1. The van der Waals surface area contributed by atoms with E-state index in [-0.39, 0.29) is 5.84 Å². The molecule has 1 aromatic heterocycles. The molecular weight excluding hydrogens is 296 g/mol. The number of rotatable bonds is 8. The van der Waals surface area contributed by atoms with Crippen molar-refractivity contribution in [1.82, 2.24) is 9.88 Å².